The topological polar surface area (TPSA) is 93.3 Å². The number of thiophene rings is 1. The quantitative estimate of drug-likeness (QED) is 0.357. The number of nitrogens with zero attached hydrogens (tertiary/aromatic N) is 4. The van der Waals surface area contributed by atoms with Crippen molar-refractivity contribution in [3.8, 4) is 0 Å². The first-order chi connectivity index (χ1) is 16.0. The van der Waals surface area contributed by atoms with Crippen LogP contribution in [0.3, 0.4) is 0 Å². The summed E-state index contributed by atoms with van der Waals surface area (Å²) in [7, 11) is 1.82. The number of hydrogen-bond donors (Lipinski definition) is 1. The summed E-state index contributed by atoms with van der Waals surface area (Å²) < 4.78 is 7.22. The molecule has 170 valence electrons. The molecule has 0 fully saturated rings. The second kappa shape index (κ2) is 10.5. The fraction of sp³-hybridized carbons (Fsp3) is 0.217. The third kappa shape index (κ3) is 6.11. The number of hydrogen-bond acceptors (Lipinski definition) is 7. The molecule has 1 aromatic carbocycles. The zero-order valence-electron chi connectivity index (χ0n) is 18.2. The lowest BCUT2D eigenvalue weighted by Gasteiger charge is -2.21. The van der Waals surface area contributed by atoms with Crippen LogP contribution in [0.1, 0.15) is 25.9 Å². The molecule has 0 unspecified atom stereocenters. The highest BCUT2D eigenvalue weighted by Gasteiger charge is 2.19. The molecule has 0 atom stereocenters. The van der Waals surface area contributed by atoms with Crippen molar-refractivity contribution in [1.29, 1.82) is 0 Å². The van der Waals surface area contributed by atoms with E-state index in [0.717, 1.165) is 4.88 Å². The van der Waals surface area contributed by atoms with E-state index in [9.17, 15) is 9.59 Å². The molecule has 0 bridgehead atoms. The molecule has 0 aliphatic rings. The third-order valence-electron chi connectivity index (χ3n) is 4.75. The Bertz CT molecular complexity index is 1230. The summed E-state index contributed by atoms with van der Waals surface area (Å²) in [6.45, 7) is 2.87. The number of nitrogens with one attached hydrogen (secondary N) is 1. The molecular formula is C23H23N5O3S2. The van der Waals surface area contributed by atoms with Crippen LogP contribution in [0, 0.1) is 6.92 Å². The lowest BCUT2D eigenvalue weighted by atomic mass is 10.1. The van der Waals surface area contributed by atoms with Gasteiger partial charge in [-0.3, -0.25) is 9.59 Å². The van der Waals surface area contributed by atoms with Gasteiger partial charge in [0.05, 0.1) is 25.1 Å². The van der Waals surface area contributed by atoms with Crippen LogP contribution in [-0.2, 0) is 24.9 Å². The van der Waals surface area contributed by atoms with Gasteiger partial charge in [0.1, 0.15) is 12.1 Å². The van der Waals surface area contributed by atoms with Crippen LogP contribution in [0.2, 0.25) is 0 Å². The minimum Gasteiger partial charge on any atom is -0.467 e. The van der Waals surface area contributed by atoms with Crippen molar-refractivity contribution in [2.24, 2.45) is 7.05 Å². The van der Waals surface area contributed by atoms with Crippen molar-refractivity contribution in [3.05, 3.63) is 82.2 Å². The van der Waals surface area contributed by atoms with Crippen molar-refractivity contribution >= 4 is 40.6 Å². The SMILES string of the molecule is Cc1ccc(CN(Cc2ccco2)C(=O)c2cccc(NC(=O)CSc3nncn3C)c2)s1. The Morgan fingerprint density at radius 2 is 2.06 bits per heavy atom. The molecule has 2 amide bonds. The minimum atomic E-state index is -0.186. The maximum atomic E-state index is 13.4. The van der Waals surface area contributed by atoms with Gasteiger partial charge in [-0.25, -0.2) is 0 Å². The summed E-state index contributed by atoms with van der Waals surface area (Å²) in [6.07, 6.45) is 3.18. The van der Waals surface area contributed by atoms with Gasteiger partial charge in [-0.15, -0.1) is 21.5 Å². The highest BCUT2D eigenvalue weighted by molar-refractivity contribution is 7.99. The maximum absolute atomic E-state index is 13.4. The van der Waals surface area contributed by atoms with E-state index in [1.165, 1.54) is 16.6 Å². The number of aromatic nitrogens is 3. The molecule has 0 saturated carbocycles. The Morgan fingerprint density at radius 1 is 1.18 bits per heavy atom. The fourth-order valence-corrected chi connectivity index (χ4v) is 4.79. The Labute approximate surface area is 199 Å². The van der Waals surface area contributed by atoms with Crippen LogP contribution in [0.4, 0.5) is 5.69 Å². The molecule has 10 heteroatoms. The number of carbonyl (C=O) groups excluding carboxylic acids is 2. The van der Waals surface area contributed by atoms with Crippen molar-refractivity contribution in [2.75, 3.05) is 11.1 Å². The zero-order valence-corrected chi connectivity index (χ0v) is 19.9. The van der Waals surface area contributed by atoms with Crippen molar-refractivity contribution in [3.63, 3.8) is 0 Å². The van der Waals surface area contributed by atoms with Crippen LogP contribution >= 0.6 is 23.1 Å². The summed E-state index contributed by atoms with van der Waals surface area (Å²) in [5.74, 6) is 0.575. The maximum Gasteiger partial charge on any atom is 0.254 e. The fourth-order valence-electron chi connectivity index (χ4n) is 3.19. The number of benzene rings is 1. The largest absolute Gasteiger partial charge is 0.467 e. The number of aryl methyl sites for hydroxylation is 2. The van der Waals surface area contributed by atoms with Crippen LogP contribution in [0.15, 0.2) is 70.7 Å². The average Bonchev–Trinajstić information content (AvgIpc) is 3.55. The third-order valence-corrected chi connectivity index (χ3v) is 6.77. The monoisotopic (exact) mass is 481 g/mol. The predicted octanol–water partition coefficient (Wildman–Crippen LogP) is 4.35. The first-order valence-electron chi connectivity index (χ1n) is 10.2. The number of thioether (sulfide) groups is 1. The van der Waals surface area contributed by atoms with E-state index >= 15 is 0 Å². The highest BCUT2D eigenvalue weighted by atomic mass is 32.2. The minimum absolute atomic E-state index is 0.137. The van der Waals surface area contributed by atoms with E-state index < -0.39 is 0 Å². The number of amides is 2. The van der Waals surface area contributed by atoms with Crippen LogP contribution in [0.5, 0.6) is 0 Å². The number of carbonyl (C=O) groups is 2. The van der Waals surface area contributed by atoms with Gasteiger partial charge in [-0.2, -0.15) is 0 Å². The van der Waals surface area contributed by atoms with Gasteiger partial charge >= 0.3 is 0 Å². The van der Waals surface area contributed by atoms with Crippen LogP contribution in [-0.4, -0.2) is 37.2 Å². The molecule has 0 aliphatic heterocycles. The van der Waals surface area contributed by atoms with Crippen LogP contribution in [0.25, 0.3) is 0 Å². The second-order valence-corrected chi connectivity index (χ2v) is 9.71. The van der Waals surface area contributed by atoms with Gasteiger partial charge in [-0.1, -0.05) is 17.8 Å². The van der Waals surface area contributed by atoms with Crippen molar-refractivity contribution in [1.82, 2.24) is 19.7 Å². The molecule has 0 radical (unpaired) electrons. The van der Waals surface area contributed by atoms with E-state index in [-0.39, 0.29) is 17.6 Å². The standard InChI is InChI=1S/C23H23N5O3S2/c1-16-8-9-20(33-16)13-28(12-19-7-4-10-31-19)22(30)17-5-3-6-18(11-17)25-21(29)14-32-23-26-24-15-27(23)2/h3-11,15H,12-14H2,1-2H3,(H,25,29). The van der Waals surface area contributed by atoms with E-state index in [1.807, 2.05) is 38.2 Å². The van der Waals surface area contributed by atoms with Gasteiger partial charge in [0.2, 0.25) is 5.91 Å². The van der Waals surface area contributed by atoms with Gasteiger partial charge in [0, 0.05) is 28.1 Å². The van der Waals surface area contributed by atoms with E-state index in [0.29, 0.717) is 35.3 Å². The molecule has 0 spiro atoms. The Morgan fingerprint density at radius 3 is 2.76 bits per heavy atom. The molecule has 4 rings (SSSR count). The summed E-state index contributed by atoms with van der Waals surface area (Å²) >= 11 is 2.96. The lowest BCUT2D eigenvalue weighted by molar-refractivity contribution is -0.113. The smallest absolute Gasteiger partial charge is 0.254 e. The van der Waals surface area contributed by atoms with Gasteiger partial charge < -0.3 is 19.2 Å². The van der Waals surface area contributed by atoms with Crippen molar-refractivity contribution < 1.29 is 14.0 Å². The molecule has 1 N–H and O–H groups in total. The molecule has 3 aromatic heterocycles. The summed E-state index contributed by atoms with van der Waals surface area (Å²) in [4.78, 5) is 29.8. The molecular weight excluding hydrogens is 458 g/mol. The number of rotatable bonds is 9. The Kier molecular flexibility index (Phi) is 7.26. The number of anilines is 1. The Hall–Kier alpha value is -3.37. The first-order valence-corrected chi connectivity index (χ1v) is 12.0. The van der Waals surface area contributed by atoms with Gasteiger partial charge in [0.15, 0.2) is 5.16 Å². The number of furan rings is 1. The van der Waals surface area contributed by atoms with E-state index in [4.69, 9.17) is 4.42 Å². The molecule has 0 aliphatic carbocycles. The predicted molar refractivity (Wildman–Crippen MR) is 128 cm³/mol. The Balaban J connectivity index is 1.45. The van der Waals surface area contributed by atoms with E-state index in [2.05, 4.69) is 15.5 Å². The lowest BCUT2D eigenvalue weighted by Crippen LogP contribution is -2.29. The normalized spacial score (nSPS) is 10.8. The summed E-state index contributed by atoms with van der Waals surface area (Å²) in [5.41, 5.74) is 1.06. The van der Waals surface area contributed by atoms with Crippen LogP contribution < -0.4 is 5.32 Å². The summed E-state index contributed by atoms with van der Waals surface area (Å²) in [6, 6.07) is 14.7. The zero-order chi connectivity index (χ0) is 23.2. The second-order valence-electron chi connectivity index (χ2n) is 7.40. The molecule has 33 heavy (non-hydrogen) atoms. The summed E-state index contributed by atoms with van der Waals surface area (Å²) in [5, 5.41) is 11.3. The van der Waals surface area contributed by atoms with E-state index in [1.54, 1.807) is 57.7 Å². The molecule has 0 saturated heterocycles. The average molecular weight is 482 g/mol. The first kappa shape index (κ1) is 22.8. The molecule has 3 heterocycles. The molecule has 4 aromatic rings. The van der Waals surface area contributed by atoms with Gasteiger partial charge in [-0.05, 0) is 49.4 Å². The van der Waals surface area contributed by atoms with Crippen molar-refractivity contribution in [2.45, 2.75) is 25.2 Å². The van der Waals surface area contributed by atoms with Gasteiger partial charge in [0.25, 0.3) is 5.91 Å². The highest BCUT2D eigenvalue weighted by Crippen LogP contribution is 2.22. The molecule has 8 nitrogen and oxygen atoms in total.